The molecule has 2 aromatic rings. The molecule has 4 heterocycles. The number of pyridine rings is 1. The third kappa shape index (κ3) is 4.73. The molecule has 0 aromatic carbocycles. The van der Waals surface area contributed by atoms with Crippen molar-refractivity contribution in [3.63, 3.8) is 0 Å². The minimum Gasteiger partial charge on any atom is -0.474 e. The molecule has 2 aromatic heterocycles. The van der Waals surface area contributed by atoms with Gasteiger partial charge in [0.1, 0.15) is 18.4 Å². The number of nitrogens with one attached hydrogen (secondary N) is 1. The number of ketones is 1. The lowest BCUT2D eigenvalue weighted by atomic mass is 10.1. The number of carbonyl (C=O) groups is 2. The number of rotatable bonds is 8. The largest absolute Gasteiger partial charge is 0.474 e. The van der Waals surface area contributed by atoms with Crippen LogP contribution in [0, 0.1) is 5.92 Å². The average Bonchev–Trinajstić information content (AvgIpc) is 3.23. The average molecular weight is 490 g/mol. The second kappa shape index (κ2) is 8.96. The number of fused-ring (bicyclic) bond motifs is 4. The number of aliphatic hydroxyl groups is 2. The molecule has 2 bridgehead atoms. The Bertz CT molecular complexity index is 1130. The smallest absolute Gasteiger partial charge is 0.329 e. The minimum atomic E-state index is -2.79. The molecule has 11 nitrogen and oxygen atoms in total. The second-order valence-corrected chi connectivity index (χ2v) is 8.90. The molecule has 0 unspecified atom stereocenters. The number of urea groups is 1. The molecule has 0 spiro atoms. The maximum absolute atomic E-state index is 13.3. The topological polar surface area (TPSA) is 141 Å². The lowest BCUT2D eigenvalue weighted by Crippen LogP contribution is -2.48. The van der Waals surface area contributed by atoms with E-state index in [0.29, 0.717) is 24.5 Å². The van der Waals surface area contributed by atoms with Crippen LogP contribution in [0.5, 0.6) is 5.88 Å². The van der Waals surface area contributed by atoms with E-state index in [1.165, 1.54) is 23.4 Å². The van der Waals surface area contributed by atoms with Crippen molar-refractivity contribution in [1.29, 1.82) is 0 Å². The van der Waals surface area contributed by atoms with Crippen LogP contribution in [0.15, 0.2) is 24.5 Å². The van der Waals surface area contributed by atoms with E-state index in [4.69, 9.17) is 9.84 Å². The Kier molecular flexibility index (Phi) is 5.97. The number of aromatic nitrogens is 3. The van der Waals surface area contributed by atoms with Gasteiger partial charge in [-0.25, -0.2) is 28.5 Å². The summed E-state index contributed by atoms with van der Waals surface area (Å²) in [6.07, 6.45) is 1.63. The number of nitrogens with zero attached hydrogens (tertiary/aromatic N) is 5. The number of Topliss-reactive ketones (excluding diaryl/α,β-unsaturated/α-hetero) is 1. The quantitative estimate of drug-likeness (QED) is 0.469. The number of carbonyl (C=O) groups excluding carboxylic acids is 2. The van der Waals surface area contributed by atoms with E-state index < -0.39 is 36.4 Å². The van der Waals surface area contributed by atoms with Crippen LogP contribution in [0.25, 0.3) is 0 Å². The van der Waals surface area contributed by atoms with Crippen LogP contribution < -0.4 is 19.9 Å². The summed E-state index contributed by atoms with van der Waals surface area (Å²) in [5, 5.41) is 20.8. The van der Waals surface area contributed by atoms with Gasteiger partial charge in [0.2, 0.25) is 5.88 Å². The van der Waals surface area contributed by atoms with Gasteiger partial charge in [-0.15, -0.1) is 0 Å². The zero-order valence-corrected chi connectivity index (χ0v) is 18.6. The molecule has 0 radical (unpaired) electrons. The molecule has 35 heavy (non-hydrogen) atoms. The molecule has 1 saturated heterocycles. The fourth-order valence-corrected chi connectivity index (χ4v) is 4.31. The Hall–Kier alpha value is -3.45. The third-order valence-electron chi connectivity index (χ3n) is 6.34. The van der Waals surface area contributed by atoms with E-state index in [9.17, 15) is 23.5 Å². The highest BCUT2D eigenvalue weighted by molar-refractivity contribution is 6.05. The Morgan fingerprint density at radius 1 is 1.29 bits per heavy atom. The summed E-state index contributed by atoms with van der Waals surface area (Å²) in [7, 11) is 0. The van der Waals surface area contributed by atoms with Crippen molar-refractivity contribution in [3.05, 3.63) is 30.2 Å². The zero-order valence-electron chi connectivity index (χ0n) is 18.6. The summed E-state index contributed by atoms with van der Waals surface area (Å²) in [6, 6.07) is 2.54. The first-order chi connectivity index (χ1) is 16.7. The fourth-order valence-electron chi connectivity index (χ4n) is 4.31. The zero-order chi connectivity index (χ0) is 24.7. The molecule has 2 fully saturated rings. The van der Waals surface area contributed by atoms with Crippen molar-refractivity contribution in [1.82, 2.24) is 15.0 Å². The number of ether oxygens (including phenoxy) is 1. The second-order valence-electron chi connectivity index (χ2n) is 8.90. The Morgan fingerprint density at radius 3 is 2.77 bits per heavy atom. The molecule has 1 saturated carbocycles. The highest BCUT2D eigenvalue weighted by Crippen LogP contribution is 2.51. The monoisotopic (exact) mass is 490 g/mol. The Morgan fingerprint density at radius 2 is 2.09 bits per heavy atom. The summed E-state index contributed by atoms with van der Waals surface area (Å²) >= 11 is 0. The number of hydrogen-bond acceptors (Lipinski definition) is 9. The van der Waals surface area contributed by atoms with Crippen LogP contribution in [0.1, 0.15) is 29.8 Å². The number of alkyl halides is 2. The fraction of sp³-hybridized carbons (Fsp3) is 0.500. The molecule has 3 aliphatic rings. The highest BCUT2D eigenvalue weighted by atomic mass is 19.3. The number of amides is 2. The minimum absolute atomic E-state index is 0.0538. The van der Waals surface area contributed by atoms with E-state index in [1.807, 2.05) is 0 Å². The summed E-state index contributed by atoms with van der Waals surface area (Å²) in [6.45, 7) is 0.711. The number of halogens is 2. The molecular weight excluding hydrogens is 466 g/mol. The van der Waals surface area contributed by atoms with Gasteiger partial charge in [-0.1, -0.05) is 0 Å². The van der Waals surface area contributed by atoms with Crippen LogP contribution in [-0.2, 0) is 0 Å². The first kappa shape index (κ1) is 23.3. The van der Waals surface area contributed by atoms with Gasteiger partial charge in [0.15, 0.2) is 17.4 Å². The highest BCUT2D eigenvalue weighted by Gasteiger charge is 2.57. The predicted octanol–water partition coefficient (Wildman–Crippen LogP) is 1.46. The van der Waals surface area contributed by atoms with Crippen molar-refractivity contribution < 1.29 is 33.3 Å². The number of anilines is 3. The van der Waals surface area contributed by atoms with Gasteiger partial charge in [0.05, 0.1) is 30.7 Å². The molecule has 5 rings (SSSR count). The molecule has 1 aliphatic carbocycles. The summed E-state index contributed by atoms with van der Waals surface area (Å²) in [5.74, 6) is -3.66. The van der Waals surface area contributed by atoms with Crippen LogP contribution in [0.4, 0.5) is 30.9 Å². The molecule has 2 amide bonds. The van der Waals surface area contributed by atoms with Crippen LogP contribution in [0.2, 0.25) is 0 Å². The summed E-state index contributed by atoms with van der Waals surface area (Å²) < 4.78 is 31.7. The Balaban J connectivity index is 1.32. The van der Waals surface area contributed by atoms with E-state index in [1.54, 1.807) is 6.07 Å². The lowest BCUT2D eigenvalue weighted by Gasteiger charge is -2.35. The standard InChI is InChI=1S/C22H24F2N6O5/c23-22(24)6-12(22)5-17(33)15-1-2-16-20(27-15)30(13-3-4-29(16)9-13)21(34)28-18-7-26-19(8-25-18)35-11-14(32)10-31/h1-2,7-8,12-14,31-32H,3-6,9-11H2,(H,25,28,34)/t12-,13+,14-/m1/s1. The first-order valence-corrected chi connectivity index (χ1v) is 11.3. The number of hydrogen-bond donors (Lipinski definition) is 3. The van der Waals surface area contributed by atoms with Crippen molar-refractivity contribution in [2.45, 2.75) is 37.3 Å². The molecular formula is C22H24F2N6O5. The van der Waals surface area contributed by atoms with Gasteiger partial charge in [-0.3, -0.25) is 15.0 Å². The van der Waals surface area contributed by atoms with Gasteiger partial charge in [-0.05, 0) is 18.6 Å². The van der Waals surface area contributed by atoms with Crippen molar-refractivity contribution in [2.75, 3.05) is 41.4 Å². The normalized spacial score (nSPS) is 22.4. The molecule has 13 heteroatoms. The Labute approximate surface area is 198 Å². The molecule has 2 aliphatic heterocycles. The molecule has 3 N–H and O–H groups in total. The van der Waals surface area contributed by atoms with E-state index in [2.05, 4.69) is 25.2 Å². The van der Waals surface area contributed by atoms with E-state index >= 15 is 0 Å². The van der Waals surface area contributed by atoms with E-state index in [0.717, 1.165) is 6.54 Å². The van der Waals surface area contributed by atoms with Gasteiger partial charge in [0, 0.05) is 31.8 Å². The van der Waals surface area contributed by atoms with Crippen LogP contribution >= 0.6 is 0 Å². The lowest BCUT2D eigenvalue weighted by molar-refractivity contribution is 0.0520. The summed E-state index contributed by atoms with van der Waals surface area (Å²) in [5.41, 5.74) is 0.748. The van der Waals surface area contributed by atoms with Gasteiger partial charge in [0.25, 0.3) is 5.92 Å². The number of aliphatic hydroxyl groups excluding tert-OH is 2. The van der Waals surface area contributed by atoms with Gasteiger partial charge in [-0.2, -0.15) is 0 Å². The first-order valence-electron chi connectivity index (χ1n) is 11.3. The third-order valence-corrected chi connectivity index (χ3v) is 6.34. The SMILES string of the molecule is O=C(C[C@@H]1CC1(F)F)c1ccc2c(n1)N(C(=O)Nc1cnc(OC[C@H](O)CO)cn1)[C@H]1CCN2C1. The maximum Gasteiger partial charge on any atom is 0.329 e. The predicted molar refractivity (Wildman–Crippen MR) is 119 cm³/mol. The van der Waals surface area contributed by atoms with Crippen molar-refractivity contribution >= 4 is 29.1 Å². The summed E-state index contributed by atoms with van der Waals surface area (Å²) in [4.78, 5) is 41.9. The van der Waals surface area contributed by atoms with Crippen LogP contribution in [-0.4, -0.2) is 81.4 Å². The maximum atomic E-state index is 13.3. The van der Waals surface area contributed by atoms with Gasteiger partial charge >= 0.3 is 6.03 Å². The van der Waals surface area contributed by atoms with Crippen molar-refractivity contribution in [3.8, 4) is 5.88 Å². The van der Waals surface area contributed by atoms with Gasteiger partial charge < -0.3 is 19.8 Å². The van der Waals surface area contributed by atoms with Crippen molar-refractivity contribution in [2.24, 2.45) is 5.92 Å². The molecule has 186 valence electrons. The molecule has 3 atom stereocenters. The van der Waals surface area contributed by atoms with E-state index in [-0.39, 0.29) is 42.9 Å². The van der Waals surface area contributed by atoms with Crippen LogP contribution in [0.3, 0.4) is 0 Å².